The summed E-state index contributed by atoms with van der Waals surface area (Å²) in [6, 6.07) is 79.5. The van der Waals surface area contributed by atoms with E-state index in [1.165, 1.54) is 61.1 Å². The molecule has 0 amide bonds. The van der Waals surface area contributed by atoms with Crippen LogP contribution >= 0.6 is 0 Å². The van der Waals surface area contributed by atoms with Crippen LogP contribution in [0, 0.1) is 0 Å². The van der Waals surface area contributed by atoms with Crippen LogP contribution in [0.3, 0.4) is 0 Å². The van der Waals surface area contributed by atoms with E-state index in [1.54, 1.807) is 0 Å². The number of benzene rings is 9. The molecule has 0 spiro atoms. The molecule has 9 aromatic rings. The van der Waals surface area contributed by atoms with Gasteiger partial charge in [-0.1, -0.05) is 196 Å². The van der Waals surface area contributed by atoms with Gasteiger partial charge in [0.1, 0.15) is 0 Å². The Labute approximate surface area is 335 Å². The van der Waals surface area contributed by atoms with Crippen LogP contribution in [0.2, 0.25) is 0 Å². The Balaban J connectivity index is 1.29. The van der Waals surface area contributed by atoms with E-state index in [2.05, 4.69) is 242 Å². The van der Waals surface area contributed by atoms with Crippen molar-refractivity contribution in [3.8, 4) is 33.4 Å². The van der Waals surface area contributed by atoms with E-state index in [1.807, 2.05) is 0 Å². The van der Waals surface area contributed by atoms with Crippen molar-refractivity contribution in [2.24, 2.45) is 0 Å². The van der Waals surface area contributed by atoms with Gasteiger partial charge in [-0.2, -0.15) is 0 Å². The molecule has 10 rings (SSSR count). The maximum Gasteiger partial charge on any atom is 0.0781 e. The van der Waals surface area contributed by atoms with Crippen molar-refractivity contribution in [1.29, 1.82) is 0 Å². The number of hydrogen-bond acceptors (Lipinski definition) is 2. The normalized spacial score (nSPS) is 12.8. The molecule has 57 heavy (non-hydrogen) atoms. The fourth-order valence-corrected chi connectivity index (χ4v) is 8.80. The van der Waals surface area contributed by atoms with Gasteiger partial charge in [-0.05, 0) is 80.7 Å². The summed E-state index contributed by atoms with van der Waals surface area (Å²) >= 11 is 0. The van der Waals surface area contributed by atoms with Crippen molar-refractivity contribution in [2.75, 3.05) is 9.80 Å². The Bertz CT molecular complexity index is 2860. The van der Waals surface area contributed by atoms with Gasteiger partial charge >= 0.3 is 0 Å². The average molecular weight is 731 g/mol. The molecular formula is C55H42N2. The molecule has 2 heteroatoms. The van der Waals surface area contributed by atoms with Crippen molar-refractivity contribution in [1.82, 2.24) is 0 Å². The molecule has 9 aromatic carbocycles. The smallest absolute Gasteiger partial charge is 0.0781 e. The van der Waals surface area contributed by atoms with Crippen molar-refractivity contribution < 1.29 is 0 Å². The van der Waals surface area contributed by atoms with E-state index >= 15 is 0 Å². The Hall–Kier alpha value is -7.16. The van der Waals surface area contributed by atoms with Gasteiger partial charge in [-0.3, -0.25) is 0 Å². The molecule has 2 nitrogen and oxygen atoms in total. The van der Waals surface area contributed by atoms with Crippen LogP contribution in [-0.4, -0.2) is 0 Å². The summed E-state index contributed by atoms with van der Waals surface area (Å²) in [5.41, 5.74) is 16.3. The third-order valence-electron chi connectivity index (χ3n) is 11.6. The number of anilines is 6. The topological polar surface area (TPSA) is 6.48 Å². The highest BCUT2D eigenvalue weighted by molar-refractivity contribution is 6.09. The first kappa shape index (κ1) is 34.3. The maximum atomic E-state index is 2.55. The monoisotopic (exact) mass is 730 g/mol. The molecule has 0 saturated carbocycles. The van der Waals surface area contributed by atoms with Gasteiger partial charge in [0.15, 0.2) is 0 Å². The third kappa shape index (κ3) is 5.98. The first-order valence-electron chi connectivity index (χ1n) is 19.8. The molecule has 1 aliphatic rings. The lowest BCUT2D eigenvalue weighted by Gasteiger charge is -2.44. The number of nitrogens with zero attached hydrogens (tertiary/aromatic N) is 2. The molecule has 1 heterocycles. The molecule has 0 atom stereocenters. The first-order valence-corrected chi connectivity index (χ1v) is 19.8. The summed E-state index contributed by atoms with van der Waals surface area (Å²) < 4.78 is 0. The summed E-state index contributed by atoms with van der Waals surface area (Å²) in [6.45, 7) is 4.73. The molecule has 0 bridgehead atoms. The summed E-state index contributed by atoms with van der Waals surface area (Å²) in [5.74, 6) is 0. The van der Waals surface area contributed by atoms with Crippen LogP contribution in [0.1, 0.15) is 25.0 Å². The Morgan fingerprint density at radius 1 is 0.386 bits per heavy atom. The molecule has 0 unspecified atom stereocenters. The van der Waals surface area contributed by atoms with E-state index in [9.17, 15) is 0 Å². The summed E-state index contributed by atoms with van der Waals surface area (Å²) in [7, 11) is 0. The van der Waals surface area contributed by atoms with E-state index in [-0.39, 0.29) is 5.41 Å². The van der Waals surface area contributed by atoms with Crippen molar-refractivity contribution in [2.45, 2.75) is 19.3 Å². The molecule has 0 fully saturated rings. The molecule has 0 aromatic heterocycles. The van der Waals surface area contributed by atoms with Crippen LogP contribution in [0.15, 0.2) is 218 Å². The van der Waals surface area contributed by atoms with E-state index in [0.717, 1.165) is 28.3 Å². The largest absolute Gasteiger partial charge is 0.308 e. The van der Waals surface area contributed by atoms with Gasteiger partial charge in [-0.15, -0.1) is 0 Å². The maximum absolute atomic E-state index is 2.55. The zero-order chi connectivity index (χ0) is 38.3. The third-order valence-corrected chi connectivity index (χ3v) is 11.6. The molecule has 272 valence electrons. The number of fused-ring (bicyclic) bond motifs is 3. The number of rotatable bonds is 7. The minimum atomic E-state index is -0.227. The van der Waals surface area contributed by atoms with Gasteiger partial charge < -0.3 is 9.80 Å². The highest BCUT2D eigenvalue weighted by Crippen LogP contribution is 2.57. The second kappa shape index (κ2) is 14.2. The number of para-hydroxylation sites is 2. The SMILES string of the molecule is CC1(C)c2ccccc2N(c2c(N(c3ccc(-c4ccccc4)cc3)c3ccccc3-c3ccccc3)ccc3ccccc23)c2cc(-c3ccccc3)ccc21. The Kier molecular flexibility index (Phi) is 8.53. The minimum Gasteiger partial charge on any atom is -0.308 e. The fourth-order valence-electron chi connectivity index (χ4n) is 8.80. The van der Waals surface area contributed by atoms with Crippen LogP contribution < -0.4 is 9.80 Å². The van der Waals surface area contributed by atoms with E-state index in [4.69, 9.17) is 0 Å². The van der Waals surface area contributed by atoms with Gasteiger partial charge in [0.2, 0.25) is 0 Å². The summed E-state index contributed by atoms with van der Waals surface area (Å²) in [5, 5.41) is 2.37. The van der Waals surface area contributed by atoms with E-state index < -0.39 is 0 Å². The summed E-state index contributed by atoms with van der Waals surface area (Å²) in [6.07, 6.45) is 0. The van der Waals surface area contributed by atoms with Gasteiger partial charge in [0.25, 0.3) is 0 Å². The second-order valence-electron chi connectivity index (χ2n) is 15.4. The number of hydrogen-bond donors (Lipinski definition) is 0. The Morgan fingerprint density at radius 2 is 0.930 bits per heavy atom. The van der Waals surface area contributed by atoms with Gasteiger partial charge in [0.05, 0.1) is 28.4 Å². The van der Waals surface area contributed by atoms with Crippen LogP contribution in [0.4, 0.5) is 34.1 Å². The van der Waals surface area contributed by atoms with Gasteiger partial charge in [0, 0.05) is 22.1 Å². The van der Waals surface area contributed by atoms with Crippen molar-refractivity contribution in [3.63, 3.8) is 0 Å². The van der Waals surface area contributed by atoms with Crippen LogP contribution in [0.5, 0.6) is 0 Å². The molecule has 0 radical (unpaired) electrons. The standard InChI is InChI=1S/C55H42N2/c1-55(2)48-27-15-17-29-51(48)57(53-38-44(32-36-49(53)55)40-20-8-4-9-21-40)54-47-26-13-12-24-43(47)33-37-52(54)56(45-34-30-41(31-35-45)39-18-6-3-7-19-39)50-28-16-14-25-46(50)42-22-10-5-11-23-42/h3-38H,1-2H3. The van der Waals surface area contributed by atoms with Crippen molar-refractivity contribution in [3.05, 3.63) is 230 Å². The molecular weight excluding hydrogens is 689 g/mol. The fraction of sp³-hybridized carbons (Fsp3) is 0.0545. The van der Waals surface area contributed by atoms with Crippen molar-refractivity contribution >= 4 is 44.9 Å². The lowest BCUT2D eigenvalue weighted by molar-refractivity contribution is 0.632. The molecule has 0 saturated heterocycles. The molecule has 0 aliphatic carbocycles. The predicted octanol–water partition coefficient (Wildman–Crippen LogP) is 15.4. The minimum absolute atomic E-state index is 0.227. The zero-order valence-corrected chi connectivity index (χ0v) is 32.2. The summed E-state index contributed by atoms with van der Waals surface area (Å²) in [4.78, 5) is 5.03. The lowest BCUT2D eigenvalue weighted by Crippen LogP contribution is -2.31. The van der Waals surface area contributed by atoms with Gasteiger partial charge in [-0.25, -0.2) is 0 Å². The van der Waals surface area contributed by atoms with E-state index in [0.29, 0.717) is 0 Å². The lowest BCUT2D eigenvalue weighted by atomic mass is 9.73. The highest BCUT2D eigenvalue weighted by Gasteiger charge is 2.39. The highest BCUT2D eigenvalue weighted by atomic mass is 15.2. The average Bonchev–Trinajstić information content (AvgIpc) is 3.28. The molecule has 1 aliphatic heterocycles. The molecule has 0 N–H and O–H groups in total. The zero-order valence-electron chi connectivity index (χ0n) is 32.2. The predicted molar refractivity (Wildman–Crippen MR) is 242 cm³/mol. The quantitative estimate of drug-likeness (QED) is 0.161. The Morgan fingerprint density at radius 3 is 1.67 bits per heavy atom. The second-order valence-corrected chi connectivity index (χ2v) is 15.4. The first-order chi connectivity index (χ1) is 28.1. The van der Waals surface area contributed by atoms with Crippen LogP contribution in [-0.2, 0) is 5.41 Å². The van der Waals surface area contributed by atoms with Crippen LogP contribution in [0.25, 0.3) is 44.2 Å².